The summed E-state index contributed by atoms with van der Waals surface area (Å²) >= 11 is 5.31. The van der Waals surface area contributed by atoms with E-state index in [9.17, 15) is 4.79 Å². The van der Waals surface area contributed by atoms with Gasteiger partial charge in [-0.2, -0.15) is 0 Å². The summed E-state index contributed by atoms with van der Waals surface area (Å²) in [5, 5.41) is 0. The van der Waals surface area contributed by atoms with E-state index in [2.05, 4.69) is 9.57 Å². The number of ether oxygens (including phenoxy) is 1. The van der Waals surface area contributed by atoms with Gasteiger partial charge in [0.15, 0.2) is 0 Å². The lowest BCUT2D eigenvalue weighted by Gasteiger charge is -2.31. The quantitative estimate of drug-likeness (QED) is 0.481. The Kier molecular flexibility index (Phi) is 2.51. The average Bonchev–Trinajstić information content (AvgIpc) is 1.85. The SMILES string of the molecule is COC(=O)[C@H]1C[C@H](NCl)C1. The fraction of sp³-hybridized carbons (Fsp3) is 0.833. The second-order valence-corrected chi connectivity index (χ2v) is 2.72. The van der Waals surface area contributed by atoms with E-state index in [-0.39, 0.29) is 11.9 Å². The van der Waals surface area contributed by atoms with Crippen LogP contribution in [-0.4, -0.2) is 19.1 Å². The van der Waals surface area contributed by atoms with Crippen LogP contribution in [0.1, 0.15) is 12.8 Å². The summed E-state index contributed by atoms with van der Waals surface area (Å²) in [4.78, 5) is 13.3. The largest absolute Gasteiger partial charge is 0.469 e. The van der Waals surface area contributed by atoms with Gasteiger partial charge in [0.2, 0.25) is 0 Å². The van der Waals surface area contributed by atoms with Crippen molar-refractivity contribution in [1.29, 1.82) is 0 Å². The first kappa shape index (κ1) is 7.82. The number of carbonyl (C=O) groups excluding carboxylic acids is 1. The Bertz CT molecular complexity index is 134. The third kappa shape index (κ3) is 1.41. The molecule has 10 heavy (non-hydrogen) atoms. The Balaban J connectivity index is 2.19. The minimum Gasteiger partial charge on any atom is -0.469 e. The highest BCUT2D eigenvalue weighted by molar-refractivity contribution is 6.13. The number of hydrogen-bond donors (Lipinski definition) is 1. The molecule has 0 unspecified atom stereocenters. The number of rotatable bonds is 2. The first-order chi connectivity index (χ1) is 4.77. The Morgan fingerprint density at radius 3 is 2.70 bits per heavy atom. The number of hydrogen-bond acceptors (Lipinski definition) is 3. The summed E-state index contributed by atoms with van der Waals surface area (Å²) in [5.74, 6) is -0.0515. The molecule has 1 N–H and O–H groups in total. The van der Waals surface area contributed by atoms with Gasteiger partial charge in [-0.15, -0.1) is 0 Å². The lowest BCUT2D eigenvalue weighted by molar-refractivity contribution is -0.148. The van der Waals surface area contributed by atoms with Crippen molar-refractivity contribution in [1.82, 2.24) is 4.84 Å². The highest BCUT2D eigenvalue weighted by Gasteiger charge is 2.34. The molecule has 1 aliphatic rings. The number of esters is 1. The van der Waals surface area contributed by atoms with E-state index in [4.69, 9.17) is 11.8 Å². The summed E-state index contributed by atoms with van der Waals surface area (Å²) in [6.45, 7) is 0. The van der Waals surface area contributed by atoms with Crippen molar-refractivity contribution in [3.8, 4) is 0 Å². The van der Waals surface area contributed by atoms with Crippen molar-refractivity contribution in [3.63, 3.8) is 0 Å². The number of halogens is 1. The van der Waals surface area contributed by atoms with Crippen molar-refractivity contribution in [2.45, 2.75) is 18.9 Å². The first-order valence-electron chi connectivity index (χ1n) is 3.22. The van der Waals surface area contributed by atoms with Crippen molar-refractivity contribution in [3.05, 3.63) is 0 Å². The summed E-state index contributed by atoms with van der Waals surface area (Å²) in [5.41, 5.74) is 0. The Labute approximate surface area is 64.8 Å². The molecular formula is C6H10ClNO2. The normalized spacial score (nSPS) is 31.0. The molecule has 0 aromatic carbocycles. The fourth-order valence-corrected chi connectivity index (χ4v) is 1.24. The molecule has 1 aliphatic carbocycles. The second-order valence-electron chi connectivity index (χ2n) is 2.50. The standard InChI is InChI=1S/C6H10ClNO2/c1-10-6(9)4-2-5(3-4)8-7/h4-5,8H,2-3H2,1H3/t4-,5-. The van der Waals surface area contributed by atoms with E-state index in [0.29, 0.717) is 6.04 Å². The van der Waals surface area contributed by atoms with Gasteiger partial charge >= 0.3 is 5.97 Å². The molecule has 1 saturated carbocycles. The minimum atomic E-state index is -0.122. The van der Waals surface area contributed by atoms with Crippen LogP contribution in [0.3, 0.4) is 0 Å². The molecule has 0 saturated heterocycles. The summed E-state index contributed by atoms with van der Waals surface area (Å²) < 4.78 is 4.54. The van der Waals surface area contributed by atoms with Crippen LogP contribution in [-0.2, 0) is 9.53 Å². The van der Waals surface area contributed by atoms with Crippen LogP contribution >= 0.6 is 11.8 Å². The van der Waals surface area contributed by atoms with Crippen LogP contribution in [0, 0.1) is 5.92 Å². The van der Waals surface area contributed by atoms with Crippen LogP contribution in [0.5, 0.6) is 0 Å². The van der Waals surface area contributed by atoms with Crippen molar-refractivity contribution in [2.75, 3.05) is 7.11 Å². The molecule has 0 aliphatic heterocycles. The zero-order valence-electron chi connectivity index (χ0n) is 5.76. The molecule has 0 atom stereocenters. The van der Waals surface area contributed by atoms with Gasteiger partial charge in [-0.05, 0) is 24.6 Å². The fourth-order valence-electron chi connectivity index (χ4n) is 1.07. The van der Waals surface area contributed by atoms with E-state index in [1.54, 1.807) is 0 Å². The van der Waals surface area contributed by atoms with Crippen molar-refractivity contribution < 1.29 is 9.53 Å². The molecular weight excluding hydrogens is 154 g/mol. The number of methoxy groups -OCH3 is 1. The molecule has 3 nitrogen and oxygen atoms in total. The monoisotopic (exact) mass is 163 g/mol. The lowest BCUT2D eigenvalue weighted by Crippen LogP contribution is -2.40. The molecule has 0 amide bonds. The van der Waals surface area contributed by atoms with Crippen molar-refractivity contribution in [2.24, 2.45) is 5.92 Å². The van der Waals surface area contributed by atoms with E-state index in [1.807, 2.05) is 0 Å². The molecule has 0 heterocycles. The smallest absolute Gasteiger partial charge is 0.308 e. The molecule has 0 aromatic rings. The Hall–Kier alpha value is -0.280. The van der Waals surface area contributed by atoms with Gasteiger partial charge in [-0.1, -0.05) is 0 Å². The van der Waals surface area contributed by atoms with Gasteiger partial charge in [0.05, 0.1) is 13.0 Å². The van der Waals surface area contributed by atoms with Gasteiger partial charge in [0.1, 0.15) is 0 Å². The zero-order chi connectivity index (χ0) is 7.56. The molecule has 1 rings (SSSR count). The van der Waals surface area contributed by atoms with Crippen LogP contribution in [0.15, 0.2) is 0 Å². The van der Waals surface area contributed by atoms with E-state index in [0.717, 1.165) is 12.8 Å². The van der Waals surface area contributed by atoms with Crippen LogP contribution in [0.2, 0.25) is 0 Å². The van der Waals surface area contributed by atoms with Gasteiger partial charge in [0.25, 0.3) is 0 Å². The molecule has 0 radical (unpaired) electrons. The minimum absolute atomic E-state index is 0.0706. The summed E-state index contributed by atoms with van der Waals surface area (Å²) in [7, 11) is 1.41. The highest BCUT2D eigenvalue weighted by Crippen LogP contribution is 2.28. The van der Waals surface area contributed by atoms with Crippen LogP contribution in [0.25, 0.3) is 0 Å². The second kappa shape index (κ2) is 3.21. The Morgan fingerprint density at radius 1 is 1.70 bits per heavy atom. The first-order valence-corrected chi connectivity index (χ1v) is 3.59. The molecule has 1 fully saturated rings. The molecule has 4 heteroatoms. The van der Waals surface area contributed by atoms with E-state index < -0.39 is 0 Å². The molecule has 0 bridgehead atoms. The highest BCUT2D eigenvalue weighted by atomic mass is 35.5. The topological polar surface area (TPSA) is 38.3 Å². The third-order valence-electron chi connectivity index (χ3n) is 1.83. The molecule has 0 spiro atoms. The predicted molar refractivity (Wildman–Crippen MR) is 37.5 cm³/mol. The van der Waals surface area contributed by atoms with Gasteiger partial charge in [-0.3, -0.25) is 4.79 Å². The molecule has 0 aromatic heterocycles. The Morgan fingerprint density at radius 2 is 2.30 bits per heavy atom. The lowest BCUT2D eigenvalue weighted by atomic mass is 9.81. The third-order valence-corrected chi connectivity index (χ3v) is 2.14. The summed E-state index contributed by atoms with van der Waals surface area (Å²) in [6, 6.07) is 0.297. The average molecular weight is 164 g/mol. The number of nitrogens with one attached hydrogen (secondary N) is 1. The zero-order valence-corrected chi connectivity index (χ0v) is 6.52. The van der Waals surface area contributed by atoms with Gasteiger partial charge < -0.3 is 4.74 Å². The van der Waals surface area contributed by atoms with Crippen LogP contribution < -0.4 is 4.84 Å². The predicted octanol–water partition coefficient (Wildman–Crippen LogP) is 0.681. The maximum atomic E-state index is 10.8. The summed E-state index contributed by atoms with van der Waals surface area (Å²) in [6.07, 6.45) is 1.60. The maximum absolute atomic E-state index is 10.8. The number of carbonyl (C=O) groups is 1. The van der Waals surface area contributed by atoms with Gasteiger partial charge in [-0.25, -0.2) is 4.84 Å². The van der Waals surface area contributed by atoms with E-state index in [1.165, 1.54) is 7.11 Å². The van der Waals surface area contributed by atoms with Crippen LogP contribution in [0.4, 0.5) is 0 Å². The van der Waals surface area contributed by atoms with Gasteiger partial charge in [0, 0.05) is 6.04 Å². The maximum Gasteiger partial charge on any atom is 0.308 e. The molecule has 58 valence electrons. The van der Waals surface area contributed by atoms with Crippen molar-refractivity contribution >= 4 is 17.7 Å². The van der Waals surface area contributed by atoms with E-state index >= 15 is 0 Å².